The molecule has 0 amide bonds. The summed E-state index contributed by atoms with van der Waals surface area (Å²) in [6.07, 6.45) is 75.6. The van der Waals surface area contributed by atoms with Crippen molar-refractivity contribution in [2.24, 2.45) is 0 Å². The summed E-state index contributed by atoms with van der Waals surface area (Å²) >= 11 is 0. The molecule has 0 bridgehead atoms. The SMILES string of the molecule is CC/C=C\C/C=C\C/C=C\C/C=C\CCCCCOCC(COC(=O)CCCCCCCCCCC/C=C\C/C=C\CCCCC)OC(=O)CCCCCCC/C=C\C/C=C\CCCCC. The van der Waals surface area contributed by atoms with E-state index in [2.05, 4.69) is 118 Å². The third-order valence-electron chi connectivity index (χ3n) is 11.6. The quantitative estimate of drug-likeness (QED) is 0.0346. The van der Waals surface area contributed by atoms with Crippen molar-refractivity contribution < 1.29 is 23.8 Å². The first-order chi connectivity index (χ1) is 32.6. The highest BCUT2D eigenvalue weighted by Crippen LogP contribution is 2.14. The molecule has 0 rings (SSSR count). The summed E-state index contributed by atoms with van der Waals surface area (Å²) in [5, 5.41) is 0. The van der Waals surface area contributed by atoms with E-state index in [-0.39, 0.29) is 25.2 Å². The van der Waals surface area contributed by atoms with Crippen molar-refractivity contribution in [2.45, 2.75) is 258 Å². The maximum atomic E-state index is 12.8. The fourth-order valence-corrected chi connectivity index (χ4v) is 7.44. The first-order valence-electron chi connectivity index (χ1n) is 27.8. The fraction of sp³-hybridized carbons (Fsp3) is 0.705. The van der Waals surface area contributed by atoms with Crippen LogP contribution in [0, 0.1) is 0 Å². The van der Waals surface area contributed by atoms with Crippen LogP contribution in [0.1, 0.15) is 252 Å². The summed E-state index contributed by atoms with van der Waals surface area (Å²) in [6, 6.07) is 0. The van der Waals surface area contributed by atoms with E-state index in [0.717, 1.165) is 109 Å². The number of carbonyl (C=O) groups excluding carboxylic acids is 2. The van der Waals surface area contributed by atoms with Gasteiger partial charge in [0, 0.05) is 19.4 Å². The van der Waals surface area contributed by atoms with Gasteiger partial charge >= 0.3 is 11.9 Å². The topological polar surface area (TPSA) is 61.8 Å². The van der Waals surface area contributed by atoms with Gasteiger partial charge in [0.15, 0.2) is 6.10 Å². The monoisotopic (exact) mass is 917 g/mol. The molecule has 0 aliphatic rings. The minimum absolute atomic E-state index is 0.0601. The van der Waals surface area contributed by atoms with Crippen LogP contribution in [0.5, 0.6) is 0 Å². The number of carbonyl (C=O) groups is 2. The Labute approximate surface area is 409 Å². The second kappa shape index (κ2) is 56.1. The lowest BCUT2D eigenvalue weighted by Gasteiger charge is -2.18. The van der Waals surface area contributed by atoms with E-state index >= 15 is 0 Å². The van der Waals surface area contributed by atoms with Crippen LogP contribution in [0.2, 0.25) is 0 Å². The van der Waals surface area contributed by atoms with Crippen molar-refractivity contribution in [3.05, 3.63) is 97.2 Å². The number of unbranched alkanes of at least 4 members (excludes halogenated alkanes) is 23. The van der Waals surface area contributed by atoms with Gasteiger partial charge in [-0.3, -0.25) is 9.59 Å². The van der Waals surface area contributed by atoms with E-state index in [4.69, 9.17) is 14.2 Å². The predicted molar refractivity (Wildman–Crippen MR) is 288 cm³/mol. The predicted octanol–water partition coefficient (Wildman–Crippen LogP) is 19.0. The largest absolute Gasteiger partial charge is 0.462 e. The number of rotatable bonds is 50. The average molecular weight is 917 g/mol. The van der Waals surface area contributed by atoms with E-state index in [9.17, 15) is 9.59 Å². The molecular formula is C61H104O5. The minimum atomic E-state index is -0.568. The summed E-state index contributed by atoms with van der Waals surface area (Å²) in [7, 11) is 0. The van der Waals surface area contributed by atoms with Crippen molar-refractivity contribution in [1.82, 2.24) is 0 Å². The molecule has 0 N–H and O–H groups in total. The van der Waals surface area contributed by atoms with Gasteiger partial charge in [-0.2, -0.15) is 0 Å². The molecule has 5 nitrogen and oxygen atoms in total. The molecule has 0 radical (unpaired) electrons. The Bertz CT molecular complexity index is 1270. The average Bonchev–Trinajstić information content (AvgIpc) is 3.32. The minimum Gasteiger partial charge on any atom is -0.462 e. The van der Waals surface area contributed by atoms with Crippen molar-refractivity contribution >= 4 is 11.9 Å². The molecule has 0 aliphatic carbocycles. The third-order valence-corrected chi connectivity index (χ3v) is 11.6. The number of esters is 2. The van der Waals surface area contributed by atoms with E-state index in [1.807, 2.05) is 0 Å². The van der Waals surface area contributed by atoms with E-state index in [0.29, 0.717) is 19.4 Å². The zero-order valence-electron chi connectivity index (χ0n) is 43.4. The van der Waals surface area contributed by atoms with Crippen LogP contribution in [0.15, 0.2) is 97.2 Å². The zero-order chi connectivity index (χ0) is 47.7. The Morgan fingerprint density at radius 1 is 0.348 bits per heavy atom. The van der Waals surface area contributed by atoms with Gasteiger partial charge in [0.2, 0.25) is 0 Å². The number of hydrogen-bond acceptors (Lipinski definition) is 5. The first kappa shape index (κ1) is 62.8. The molecule has 0 aromatic rings. The van der Waals surface area contributed by atoms with Gasteiger partial charge in [0.05, 0.1) is 6.61 Å². The number of allylic oxidation sites excluding steroid dienone is 16. The molecule has 1 atom stereocenters. The smallest absolute Gasteiger partial charge is 0.306 e. The standard InChI is InChI=1S/C61H104O5/c1-4-7-10-13-16-19-22-25-28-30-31-32-34-36-39-42-45-48-51-54-60(62)65-58-59(57-64-56-53-50-47-44-41-38-35-29-26-23-20-17-14-11-8-5-2)66-61(63)55-52-49-46-43-40-37-33-27-24-21-18-15-12-9-6-3/h8,11,16-21,25-29,33,38,41,59H,4-7,9-10,12-15,22-24,30-32,34-37,39-40,42-58H2,1-3H3/b11-8-,19-16-,20-17-,21-18-,28-25-,29-26-,33-27-,41-38-. The Balaban J connectivity index is 4.35. The van der Waals surface area contributed by atoms with Gasteiger partial charge in [-0.25, -0.2) is 0 Å². The fourth-order valence-electron chi connectivity index (χ4n) is 7.44. The second-order valence-corrected chi connectivity index (χ2v) is 18.1. The molecule has 0 saturated heterocycles. The molecule has 5 heteroatoms. The van der Waals surface area contributed by atoms with Crippen LogP contribution in [0.3, 0.4) is 0 Å². The second-order valence-electron chi connectivity index (χ2n) is 18.1. The first-order valence-corrected chi connectivity index (χ1v) is 27.8. The van der Waals surface area contributed by atoms with Gasteiger partial charge in [0.1, 0.15) is 6.61 Å². The molecule has 0 saturated carbocycles. The molecule has 66 heavy (non-hydrogen) atoms. The lowest BCUT2D eigenvalue weighted by molar-refractivity contribution is -0.163. The summed E-state index contributed by atoms with van der Waals surface area (Å²) in [5.41, 5.74) is 0. The molecular weight excluding hydrogens is 813 g/mol. The van der Waals surface area contributed by atoms with E-state index < -0.39 is 6.10 Å². The molecule has 0 spiro atoms. The van der Waals surface area contributed by atoms with Crippen LogP contribution >= 0.6 is 0 Å². The van der Waals surface area contributed by atoms with Gasteiger partial charge in [-0.15, -0.1) is 0 Å². The van der Waals surface area contributed by atoms with Crippen LogP contribution in [-0.2, 0) is 23.8 Å². The van der Waals surface area contributed by atoms with Crippen molar-refractivity contribution in [1.29, 1.82) is 0 Å². The highest BCUT2D eigenvalue weighted by Gasteiger charge is 2.17. The van der Waals surface area contributed by atoms with Crippen molar-refractivity contribution in [2.75, 3.05) is 19.8 Å². The number of ether oxygens (including phenoxy) is 3. The summed E-state index contributed by atoms with van der Waals surface area (Å²) < 4.78 is 17.4. The maximum Gasteiger partial charge on any atom is 0.306 e. The summed E-state index contributed by atoms with van der Waals surface area (Å²) in [5.74, 6) is -0.436. The van der Waals surface area contributed by atoms with Gasteiger partial charge in [0.25, 0.3) is 0 Å². The normalized spacial score (nSPS) is 13.0. The lowest BCUT2D eigenvalue weighted by atomic mass is 10.1. The summed E-state index contributed by atoms with van der Waals surface area (Å²) in [4.78, 5) is 25.5. The van der Waals surface area contributed by atoms with Crippen molar-refractivity contribution in [3.8, 4) is 0 Å². The highest BCUT2D eigenvalue weighted by molar-refractivity contribution is 5.70. The Hall–Kier alpha value is -3.18. The van der Waals surface area contributed by atoms with E-state index in [1.165, 1.54) is 109 Å². The Morgan fingerprint density at radius 2 is 0.682 bits per heavy atom. The van der Waals surface area contributed by atoms with Crippen LogP contribution in [0.4, 0.5) is 0 Å². The molecule has 1 unspecified atom stereocenters. The number of hydrogen-bond donors (Lipinski definition) is 0. The molecule has 0 aliphatic heterocycles. The molecule has 0 heterocycles. The molecule has 0 aromatic carbocycles. The third kappa shape index (κ3) is 53.4. The van der Waals surface area contributed by atoms with Crippen LogP contribution in [0.25, 0.3) is 0 Å². The van der Waals surface area contributed by atoms with Crippen LogP contribution < -0.4 is 0 Å². The van der Waals surface area contributed by atoms with Gasteiger partial charge < -0.3 is 14.2 Å². The summed E-state index contributed by atoms with van der Waals surface area (Å²) in [6.45, 7) is 7.58. The molecule has 0 aromatic heterocycles. The van der Waals surface area contributed by atoms with Gasteiger partial charge in [-0.05, 0) is 122 Å². The Kier molecular flexibility index (Phi) is 53.4. The van der Waals surface area contributed by atoms with Crippen LogP contribution in [-0.4, -0.2) is 37.9 Å². The molecule has 0 fully saturated rings. The molecule has 378 valence electrons. The van der Waals surface area contributed by atoms with E-state index in [1.54, 1.807) is 0 Å². The lowest BCUT2D eigenvalue weighted by Crippen LogP contribution is -2.30. The van der Waals surface area contributed by atoms with Gasteiger partial charge in [-0.1, -0.05) is 214 Å². The maximum absolute atomic E-state index is 12.8. The Morgan fingerprint density at radius 3 is 1.09 bits per heavy atom. The van der Waals surface area contributed by atoms with Crippen molar-refractivity contribution in [3.63, 3.8) is 0 Å². The zero-order valence-corrected chi connectivity index (χ0v) is 43.4. The highest BCUT2D eigenvalue weighted by atomic mass is 16.6.